The summed E-state index contributed by atoms with van der Waals surface area (Å²) in [6.07, 6.45) is 1.80. The van der Waals surface area contributed by atoms with Crippen molar-refractivity contribution in [3.63, 3.8) is 0 Å². The van der Waals surface area contributed by atoms with Crippen LogP contribution in [0.5, 0.6) is 0 Å². The summed E-state index contributed by atoms with van der Waals surface area (Å²) < 4.78 is 1.91. The van der Waals surface area contributed by atoms with E-state index >= 15 is 0 Å². The Kier molecular flexibility index (Phi) is 3.17. The van der Waals surface area contributed by atoms with Gasteiger partial charge in [0.1, 0.15) is 17.2 Å². The molecule has 0 saturated heterocycles. The molecule has 3 aromatic heterocycles. The van der Waals surface area contributed by atoms with Gasteiger partial charge >= 0.3 is 0 Å². The Balaban J connectivity index is 2.11. The third-order valence-electron chi connectivity index (χ3n) is 3.53. The van der Waals surface area contributed by atoms with Gasteiger partial charge in [0.25, 0.3) is 0 Å². The number of hydrogen-bond donors (Lipinski definition) is 1. The van der Waals surface area contributed by atoms with E-state index < -0.39 is 0 Å². The third kappa shape index (κ3) is 2.06. The Morgan fingerprint density at radius 1 is 1.25 bits per heavy atom. The molecule has 1 N–H and O–H groups in total. The van der Waals surface area contributed by atoms with Gasteiger partial charge in [0.15, 0.2) is 5.82 Å². The topological polar surface area (TPSA) is 55.6 Å². The number of aromatic nitrogens is 4. The molecular formula is C14H17N5S. The Morgan fingerprint density at radius 3 is 2.70 bits per heavy atom. The summed E-state index contributed by atoms with van der Waals surface area (Å²) in [6, 6.07) is 1.98. The van der Waals surface area contributed by atoms with E-state index in [4.69, 9.17) is 0 Å². The zero-order chi connectivity index (χ0) is 14.3. The summed E-state index contributed by atoms with van der Waals surface area (Å²) in [5.74, 6) is 1.69. The van der Waals surface area contributed by atoms with E-state index in [-0.39, 0.29) is 0 Å². The summed E-state index contributed by atoms with van der Waals surface area (Å²) in [5.41, 5.74) is 2.37. The molecule has 104 valence electrons. The smallest absolute Gasteiger partial charge is 0.153 e. The molecule has 0 aliphatic carbocycles. The molecule has 6 heteroatoms. The van der Waals surface area contributed by atoms with Crippen molar-refractivity contribution in [1.82, 2.24) is 19.7 Å². The minimum Gasteiger partial charge on any atom is -0.372 e. The Hall–Kier alpha value is -1.95. The summed E-state index contributed by atoms with van der Waals surface area (Å²) in [5, 5.41) is 8.61. The zero-order valence-electron chi connectivity index (χ0n) is 12.1. The van der Waals surface area contributed by atoms with Crippen molar-refractivity contribution in [3.05, 3.63) is 34.2 Å². The first-order chi connectivity index (χ1) is 9.60. The number of anilines is 1. The predicted octanol–water partition coefficient (Wildman–Crippen LogP) is 2.90. The van der Waals surface area contributed by atoms with Crippen LogP contribution in [0.2, 0.25) is 0 Å². The maximum atomic E-state index is 4.69. The van der Waals surface area contributed by atoms with Crippen LogP contribution >= 0.6 is 11.3 Å². The van der Waals surface area contributed by atoms with Gasteiger partial charge in [-0.25, -0.2) is 9.97 Å². The number of aryl methyl sites for hydroxylation is 3. The van der Waals surface area contributed by atoms with Crippen LogP contribution in [0.1, 0.15) is 22.0 Å². The van der Waals surface area contributed by atoms with Crippen molar-refractivity contribution in [2.75, 3.05) is 12.4 Å². The Labute approximate surface area is 121 Å². The number of thiophene rings is 1. The van der Waals surface area contributed by atoms with Crippen LogP contribution in [0, 0.1) is 20.8 Å². The van der Waals surface area contributed by atoms with Crippen LogP contribution in [0.3, 0.4) is 0 Å². The van der Waals surface area contributed by atoms with E-state index in [1.165, 1.54) is 10.4 Å². The van der Waals surface area contributed by atoms with Crippen LogP contribution in [-0.2, 0) is 6.54 Å². The molecule has 3 rings (SSSR count). The molecule has 3 aromatic rings. The van der Waals surface area contributed by atoms with Gasteiger partial charge in [-0.2, -0.15) is 5.10 Å². The normalized spacial score (nSPS) is 11.2. The molecule has 0 aliphatic rings. The van der Waals surface area contributed by atoms with Gasteiger partial charge in [-0.05, 0) is 32.4 Å². The lowest BCUT2D eigenvalue weighted by Crippen LogP contribution is -2.08. The first-order valence-electron chi connectivity index (χ1n) is 6.53. The number of nitrogens with one attached hydrogen (secondary N) is 1. The highest BCUT2D eigenvalue weighted by molar-refractivity contribution is 7.18. The highest BCUT2D eigenvalue weighted by atomic mass is 32.1. The lowest BCUT2D eigenvalue weighted by atomic mass is 10.2. The molecule has 0 saturated carbocycles. The van der Waals surface area contributed by atoms with Gasteiger partial charge in [0.05, 0.1) is 5.39 Å². The molecular weight excluding hydrogens is 270 g/mol. The van der Waals surface area contributed by atoms with Crippen molar-refractivity contribution >= 4 is 27.4 Å². The van der Waals surface area contributed by atoms with Crippen molar-refractivity contribution in [2.45, 2.75) is 27.3 Å². The molecule has 20 heavy (non-hydrogen) atoms. The third-order valence-corrected chi connectivity index (χ3v) is 4.63. The first kappa shape index (κ1) is 13.1. The van der Waals surface area contributed by atoms with Crippen LogP contribution in [0.15, 0.2) is 12.3 Å². The van der Waals surface area contributed by atoms with Gasteiger partial charge in [-0.3, -0.25) is 4.68 Å². The Bertz CT molecular complexity index is 771. The lowest BCUT2D eigenvalue weighted by Gasteiger charge is -2.07. The second kappa shape index (κ2) is 4.86. The van der Waals surface area contributed by atoms with E-state index in [0.29, 0.717) is 6.54 Å². The molecule has 0 aliphatic heterocycles. The fraction of sp³-hybridized carbons (Fsp3) is 0.357. The van der Waals surface area contributed by atoms with Crippen LogP contribution in [-0.4, -0.2) is 26.8 Å². The predicted molar refractivity (Wildman–Crippen MR) is 82.5 cm³/mol. The molecule has 0 radical (unpaired) electrons. The van der Waals surface area contributed by atoms with E-state index in [1.54, 1.807) is 17.5 Å². The fourth-order valence-corrected chi connectivity index (χ4v) is 3.29. The van der Waals surface area contributed by atoms with Crippen molar-refractivity contribution in [1.29, 1.82) is 0 Å². The summed E-state index contributed by atoms with van der Waals surface area (Å²) in [7, 11) is 1.90. The van der Waals surface area contributed by atoms with Gasteiger partial charge < -0.3 is 5.32 Å². The quantitative estimate of drug-likeness (QED) is 0.804. The maximum absolute atomic E-state index is 4.69. The monoisotopic (exact) mass is 287 g/mol. The molecule has 0 spiro atoms. The molecule has 0 unspecified atom stereocenters. The summed E-state index contributed by atoms with van der Waals surface area (Å²) in [6.45, 7) is 6.87. The van der Waals surface area contributed by atoms with E-state index in [0.717, 1.165) is 27.6 Å². The highest BCUT2D eigenvalue weighted by Crippen LogP contribution is 2.33. The lowest BCUT2D eigenvalue weighted by molar-refractivity contribution is 0.640. The number of rotatable bonds is 3. The van der Waals surface area contributed by atoms with Gasteiger partial charge in [0.2, 0.25) is 0 Å². The molecule has 0 amide bonds. The second-order valence-corrected chi connectivity index (χ2v) is 6.04. The molecule has 0 fully saturated rings. The van der Waals surface area contributed by atoms with E-state index in [9.17, 15) is 0 Å². The van der Waals surface area contributed by atoms with Gasteiger partial charge in [-0.1, -0.05) is 0 Å². The molecule has 0 aromatic carbocycles. The molecule has 0 bridgehead atoms. The average Bonchev–Trinajstić information content (AvgIpc) is 2.94. The minimum absolute atomic E-state index is 0.597. The maximum Gasteiger partial charge on any atom is 0.153 e. The molecule has 5 nitrogen and oxygen atoms in total. The van der Waals surface area contributed by atoms with Crippen molar-refractivity contribution in [2.24, 2.45) is 0 Å². The number of nitrogens with zero attached hydrogens (tertiary/aromatic N) is 4. The zero-order valence-corrected chi connectivity index (χ0v) is 12.9. The van der Waals surface area contributed by atoms with Crippen LogP contribution in [0.25, 0.3) is 10.2 Å². The summed E-state index contributed by atoms with van der Waals surface area (Å²) in [4.78, 5) is 11.7. The van der Waals surface area contributed by atoms with E-state index in [1.807, 2.05) is 24.7 Å². The Morgan fingerprint density at radius 2 is 2.05 bits per heavy atom. The minimum atomic E-state index is 0.597. The number of hydrogen-bond acceptors (Lipinski definition) is 5. The van der Waals surface area contributed by atoms with E-state index in [2.05, 4.69) is 34.2 Å². The standard InChI is InChI=1S/C14H17N5S/c1-8-5-6-16-19(8)7-11-17-13(15-4)12-9(2)10(3)20-14(12)18-11/h5-6H,7H2,1-4H3,(H,15,17,18). The average molecular weight is 287 g/mol. The van der Waals surface area contributed by atoms with Crippen molar-refractivity contribution in [3.8, 4) is 0 Å². The molecule has 0 atom stereocenters. The first-order valence-corrected chi connectivity index (χ1v) is 7.34. The second-order valence-electron chi connectivity index (χ2n) is 4.83. The molecule has 3 heterocycles. The SMILES string of the molecule is CNc1nc(Cn2nccc2C)nc2sc(C)c(C)c12. The largest absolute Gasteiger partial charge is 0.372 e. The fourth-order valence-electron chi connectivity index (χ4n) is 2.24. The highest BCUT2D eigenvalue weighted by Gasteiger charge is 2.14. The number of fused-ring (bicyclic) bond motifs is 1. The van der Waals surface area contributed by atoms with Gasteiger partial charge in [-0.15, -0.1) is 11.3 Å². The summed E-state index contributed by atoms with van der Waals surface area (Å²) >= 11 is 1.72. The van der Waals surface area contributed by atoms with Crippen LogP contribution in [0.4, 0.5) is 5.82 Å². The van der Waals surface area contributed by atoms with Crippen LogP contribution < -0.4 is 5.32 Å². The van der Waals surface area contributed by atoms with Gasteiger partial charge in [0, 0.05) is 23.8 Å². The van der Waals surface area contributed by atoms with Crippen molar-refractivity contribution < 1.29 is 0 Å².